The second-order valence-corrected chi connectivity index (χ2v) is 7.31. The standard InChI is InChI=1S/C18H20BrFN6O/c19-16-8-12-13(17-14(20)9-23-18(21)24-17)11-26(15(12)10-22-16)3-1-2-25-4-6-27-7-5-25/h8-11H,1-7H2,(H2,21,23,24). The lowest BCUT2D eigenvalue weighted by Crippen LogP contribution is -2.37. The molecule has 0 amide bonds. The fraction of sp³-hybridized carbons (Fsp3) is 0.389. The average molecular weight is 435 g/mol. The normalized spacial score (nSPS) is 15.5. The van der Waals surface area contributed by atoms with Gasteiger partial charge in [0, 0.05) is 43.3 Å². The molecule has 142 valence electrons. The number of halogens is 2. The smallest absolute Gasteiger partial charge is 0.220 e. The molecule has 0 atom stereocenters. The zero-order valence-corrected chi connectivity index (χ0v) is 16.3. The van der Waals surface area contributed by atoms with Crippen molar-refractivity contribution in [3.8, 4) is 11.3 Å². The Morgan fingerprint density at radius 1 is 1.19 bits per heavy atom. The van der Waals surface area contributed by atoms with E-state index in [0.717, 1.165) is 62.9 Å². The number of morpholine rings is 1. The third-order valence-corrected chi connectivity index (χ3v) is 5.16. The molecule has 2 N–H and O–H groups in total. The summed E-state index contributed by atoms with van der Waals surface area (Å²) in [4.78, 5) is 14.6. The number of nitrogens with two attached hydrogens (primary N) is 1. The van der Waals surface area contributed by atoms with Crippen molar-refractivity contribution in [1.29, 1.82) is 0 Å². The SMILES string of the molecule is Nc1ncc(F)c(-c2cn(CCCN3CCOCC3)c3cnc(Br)cc23)n1. The van der Waals surface area contributed by atoms with Crippen LogP contribution in [0.4, 0.5) is 10.3 Å². The van der Waals surface area contributed by atoms with Gasteiger partial charge >= 0.3 is 0 Å². The molecule has 1 fully saturated rings. The number of pyridine rings is 1. The molecule has 0 saturated carbocycles. The van der Waals surface area contributed by atoms with Gasteiger partial charge in [0.15, 0.2) is 5.82 Å². The van der Waals surface area contributed by atoms with E-state index >= 15 is 0 Å². The Labute approximate surface area is 164 Å². The summed E-state index contributed by atoms with van der Waals surface area (Å²) in [5, 5.41) is 0.875. The Bertz CT molecular complexity index is 956. The van der Waals surface area contributed by atoms with Crippen LogP contribution in [0.15, 0.2) is 29.3 Å². The first-order valence-corrected chi connectivity index (χ1v) is 9.64. The maximum absolute atomic E-state index is 14.4. The lowest BCUT2D eigenvalue weighted by molar-refractivity contribution is 0.0370. The molecule has 3 aromatic rings. The Kier molecular flexibility index (Phi) is 5.33. The minimum absolute atomic E-state index is 0.0488. The van der Waals surface area contributed by atoms with E-state index in [1.807, 2.05) is 12.3 Å². The monoisotopic (exact) mass is 434 g/mol. The highest BCUT2D eigenvalue weighted by Gasteiger charge is 2.17. The highest BCUT2D eigenvalue weighted by Crippen LogP contribution is 2.32. The summed E-state index contributed by atoms with van der Waals surface area (Å²) >= 11 is 3.40. The minimum Gasteiger partial charge on any atom is -0.379 e. The molecule has 0 unspecified atom stereocenters. The Hall–Kier alpha value is -2.10. The van der Waals surface area contributed by atoms with Gasteiger partial charge in [0.1, 0.15) is 10.3 Å². The molecule has 7 nitrogen and oxygen atoms in total. The maximum Gasteiger partial charge on any atom is 0.220 e. The summed E-state index contributed by atoms with van der Waals surface area (Å²) in [5.41, 5.74) is 7.50. The van der Waals surface area contributed by atoms with Crippen molar-refractivity contribution < 1.29 is 9.13 Å². The largest absolute Gasteiger partial charge is 0.379 e. The number of fused-ring (bicyclic) bond motifs is 1. The fourth-order valence-electron chi connectivity index (χ4n) is 3.39. The number of aryl methyl sites for hydroxylation is 1. The number of aromatic nitrogens is 4. The van der Waals surface area contributed by atoms with Crippen molar-refractivity contribution >= 4 is 32.8 Å². The van der Waals surface area contributed by atoms with Crippen LogP contribution in [-0.2, 0) is 11.3 Å². The van der Waals surface area contributed by atoms with Gasteiger partial charge in [0.2, 0.25) is 5.95 Å². The molecule has 1 aliphatic heterocycles. The first-order valence-electron chi connectivity index (χ1n) is 8.84. The number of nitrogens with zero attached hydrogens (tertiary/aromatic N) is 5. The molecule has 9 heteroatoms. The summed E-state index contributed by atoms with van der Waals surface area (Å²) < 4.78 is 22.5. The van der Waals surface area contributed by atoms with Crippen molar-refractivity contribution in [1.82, 2.24) is 24.4 Å². The summed E-state index contributed by atoms with van der Waals surface area (Å²) in [6.45, 7) is 5.33. The summed E-state index contributed by atoms with van der Waals surface area (Å²) in [7, 11) is 0. The summed E-state index contributed by atoms with van der Waals surface area (Å²) in [6.07, 6.45) is 5.80. The molecule has 0 radical (unpaired) electrons. The Morgan fingerprint density at radius 3 is 2.81 bits per heavy atom. The first kappa shape index (κ1) is 18.3. The molecule has 27 heavy (non-hydrogen) atoms. The van der Waals surface area contributed by atoms with Crippen molar-refractivity contribution in [2.24, 2.45) is 0 Å². The zero-order chi connectivity index (χ0) is 18.8. The van der Waals surface area contributed by atoms with E-state index in [4.69, 9.17) is 10.5 Å². The highest BCUT2D eigenvalue weighted by molar-refractivity contribution is 9.10. The molecular weight excluding hydrogens is 415 g/mol. The van der Waals surface area contributed by atoms with E-state index in [0.29, 0.717) is 10.2 Å². The second kappa shape index (κ2) is 7.87. The third kappa shape index (κ3) is 3.95. The van der Waals surface area contributed by atoms with Crippen LogP contribution in [0.3, 0.4) is 0 Å². The summed E-state index contributed by atoms with van der Waals surface area (Å²) in [6, 6.07) is 1.88. The van der Waals surface area contributed by atoms with Gasteiger partial charge in [-0.1, -0.05) is 0 Å². The van der Waals surface area contributed by atoms with Crippen molar-refractivity contribution in [3.63, 3.8) is 0 Å². The molecule has 4 heterocycles. The molecule has 3 aromatic heterocycles. The summed E-state index contributed by atoms with van der Waals surface area (Å²) in [5.74, 6) is -0.447. The number of nitrogen functional groups attached to an aromatic ring is 1. The van der Waals surface area contributed by atoms with E-state index in [1.165, 1.54) is 0 Å². The van der Waals surface area contributed by atoms with E-state index in [9.17, 15) is 4.39 Å². The van der Waals surface area contributed by atoms with Crippen LogP contribution in [0.1, 0.15) is 6.42 Å². The molecule has 0 aromatic carbocycles. The fourth-order valence-corrected chi connectivity index (χ4v) is 3.73. The first-order chi connectivity index (χ1) is 13.1. The molecule has 1 saturated heterocycles. The zero-order valence-electron chi connectivity index (χ0n) is 14.7. The predicted molar refractivity (Wildman–Crippen MR) is 105 cm³/mol. The highest BCUT2D eigenvalue weighted by atomic mass is 79.9. The predicted octanol–water partition coefficient (Wildman–Crippen LogP) is 2.70. The number of hydrogen-bond donors (Lipinski definition) is 1. The number of ether oxygens (including phenoxy) is 1. The van der Waals surface area contributed by atoms with Gasteiger partial charge in [-0.15, -0.1) is 0 Å². The van der Waals surface area contributed by atoms with Crippen LogP contribution < -0.4 is 5.73 Å². The lowest BCUT2D eigenvalue weighted by atomic mass is 10.1. The quantitative estimate of drug-likeness (QED) is 0.621. The van der Waals surface area contributed by atoms with E-state index in [-0.39, 0.29) is 11.6 Å². The van der Waals surface area contributed by atoms with Gasteiger partial charge in [-0.25, -0.2) is 19.3 Å². The number of anilines is 1. The lowest BCUT2D eigenvalue weighted by Gasteiger charge is -2.26. The van der Waals surface area contributed by atoms with Crippen LogP contribution in [0, 0.1) is 5.82 Å². The van der Waals surface area contributed by atoms with Crippen molar-refractivity contribution in [2.75, 3.05) is 38.6 Å². The molecular formula is C18H20BrFN6O. The molecule has 1 aliphatic rings. The molecule has 0 spiro atoms. The van der Waals surface area contributed by atoms with Gasteiger partial charge in [-0.05, 0) is 28.4 Å². The van der Waals surface area contributed by atoms with Crippen LogP contribution >= 0.6 is 15.9 Å². The van der Waals surface area contributed by atoms with Crippen LogP contribution in [0.25, 0.3) is 22.2 Å². The van der Waals surface area contributed by atoms with Gasteiger partial charge in [-0.3, -0.25) is 4.90 Å². The molecule has 0 aliphatic carbocycles. The molecule has 0 bridgehead atoms. The average Bonchev–Trinajstić information content (AvgIpc) is 3.02. The van der Waals surface area contributed by atoms with E-state index in [2.05, 4.69) is 40.3 Å². The Balaban J connectivity index is 1.64. The maximum atomic E-state index is 14.4. The van der Waals surface area contributed by atoms with Gasteiger partial charge in [0.05, 0.1) is 31.1 Å². The Morgan fingerprint density at radius 2 is 2.00 bits per heavy atom. The van der Waals surface area contributed by atoms with E-state index < -0.39 is 5.82 Å². The van der Waals surface area contributed by atoms with Gasteiger partial charge < -0.3 is 15.0 Å². The van der Waals surface area contributed by atoms with Crippen LogP contribution in [0.2, 0.25) is 0 Å². The van der Waals surface area contributed by atoms with Gasteiger partial charge in [-0.2, -0.15) is 0 Å². The van der Waals surface area contributed by atoms with Crippen molar-refractivity contribution in [2.45, 2.75) is 13.0 Å². The van der Waals surface area contributed by atoms with Crippen LogP contribution in [-0.4, -0.2) is 57.3 Å². The molecule has 4 rings (SSSR count). The van der Waals surface area contributed by atoms with Crippen molar-refractivity contribution in [3.05, 3.63) is 35.1 Å². The van der Waals surface area contributed by atoms with E-state index in [1.54, 1.807) is 6.20 Å². The third-order valence-electron chi connectivity index (χ3n) is 4.73. The van der Waals surface area contributed by atoms with Crippen LogP contribution in [0.5, 0.6) is 0 Å². The van der Waals surface area contributed by atoms with Gasteiger partial charge in [0.25, 0.3) is 0 Å². The topological polar surface area (TPSA) is 82.1 Å². The second-order valence-electron chi connectivity index (χ2n) is 6.49. The number of hydrogen-bond acceptors (Lipinski definition) is 6. The number of rotatable bonds is 5. The minimum atomic E-state index is -0.496.